The maximum atomic E-state index is 11.9. The van der Waals surface area contributed by atoms with E-state index in [0.717, 1.165) is 6.26 Å². The fourth-order valence-electron chi connectivity index (χ4n) is 1.77. The van der Waals surface area contributed by atoms with Crippen molar-refractivity contribution in [3.63, 3.8) is 0 Å². The maximum absolute atomic E-state index is 11.9. The molecular formula is C13H13N5O2S. The first-order valence-corrected chi connectivity index (χ1v) is 7.85. The van der Waals surface area contributed by atoms with Crippen molar-refractivity contribution in [3.05, 3.63) is 36.2 Å². The SMILES string of the molecule is CNc1cc(S(C)(=O)=O)c(Nc2ncccn2)cc1C#N. The standard InChI is InChI=1S/C13H13N5O2S/c1-15-10-7-12(21(2,19)20)11(6-9(10)8-14)18-13-16-4-3-5-17-13/h3-7,15H,1-2H3,(H,16,17,18). The summed E-state index contributed by atoms with van der Waals surface area (Å²) >= 11 is 0. The van der Waals surface area contributed by atoms with E-state index in [4.69, 9.17) is 5.26 Å². The Hall–Kier alpha value is -2.66. The molecule has 1 heterocycles. The van der Waals surface area contributed by atoms with Crippen molar-refractivity contribution in [2.24, 2.45) is 0 Å². The average Bonchev–Trinajstić information content (AvgIpc) is 2.46. The lowest BCUT2D eigenvalue weighted by atomic mass is 10.1. The van der Waals surface area contributed by atoms with Crippen LogP contribution < -0.4 is 10.6 Å². The predicted molar refractivity (Wildman–Crippen MR) is 79.1 cm³/mol. The quantitative estimate of drug-likeness (QED) is 0.881. The lowest BCUT2D eigenvalue weighted by Gasteiger charge is -2.13. The first-order chi connectivity index (χ1) is 9.95. The Bertz CT molecular complexity index is 797. The third-order valence-electron chi connectivity index (χ3n) is 2.72. The molecule has 1 aromatic heterocycles. The molecule has 21 heavy (non-hydrogen) atoms. The van der Waals surface area contributed by atoms with Crippen molar-refractivity contribution in [1.82, 2.24) is 9.97 Å². The van der Waals surface area contributed by atoms with Crippen LogP contribution in [0.4, 0.5) is 17.3 Å². The molecule has 0 fully saturated rings. The zero-order valence-electron chi connectivity index (χ0n) is 11.5. The number of nitrogens with one attached hydrogen (secondary N) is 2. The van der Waals surface area contributed by atoms with Crippen LogP contribution in [0.2, 0.25) is 0 Å². The molecule has 0 spiro atoms. The molecule has 0 aliphatic rings. The van der Waals surface area contributed by atoms with Crippen molar-refractivity contribution in [1.29, 1.82) is 5.26 Å². The number of hydrogen-bond acceptors (Lipinski definition) is 7. The number of anilines is 3. The van der Waals surface area contributed by atoms with Crippen molar-refractivity contribution < 1.29 is 8.42 Å². The molecule has 0 amide bonds. The van der Waals surface area contributed by atoms with Gasteiger partial charge in [0, 0.05) is 25.7 Å². The molecule has 0 bridgehead atoms. The molecule has 0 saturated carbocycles. The van der Waals surface area contributed by atoms with Crippen molar-refractivity contribution in [2.75, 3.05) is 23.9 Å². The fourth-order valence-corrected chi connectivity index (χ4v) is 2.61. The molecule has 2 aromatic rings. The monoisotopic (exact) mass is 303 g/mol. The highest BCUT2D eigenvalue weighted by Gasteiger charge is 2.17. The van der Waals surface area contributed by atoms with Crippen LogP contribution in [-0.2, 0) is 9.84 Å². The van der Waals surface area contributed by atoms with E-state index in [1.54, 1.807) is 13.1 Å². The number of benzene rings is 1. The average molecular weight is 303 g/mol. The molecule has 0 unspecified atom stereocenters. The Labute approximate surface area is 122 Å². The third-order valence-corrected chi connectivity index (χ3v) is 3.86. The molecule has 8 heteroatoms. The molecule has 0 aliphatic heterocycles. The van der Waals surface area contributed by atoms with Gasteiger partial charge in [-0.1, -0.05) is 0 Å². The van der Waals surface area contributed by atoms with Crippen LogP contribution in [0.15, 0.2) is 35.5 Å². The van der Waals surface area contributed by atoms with Gasteiger partial charge in [-0.3, -0.25) is 0 Å². The van der Waals surface area contributed by atoms with Gasteiger partial charge in [-0.05, 0) is 18.2 Å². The fraction of sp³-hybridized carbons (Fsp3) is 0.154. The van der Waals surface area contributed by atoms with Crippen LogP contribution >= 0.6 is 0 Å². The third kappa shape index (κ3) is 3.27. The summed E-state index contributed by atoms with van der Waals surface area (Å²) in [6.45, 7) is 0. The van der Waals surface area contributed by atoms with Crippen LogP contribution in [0, 0.1) is 11.3 Å². The summed E-state index contributed by atoms with van der Waals surface area (Å²) in [5.41, 5.74) is 1.03. The first-order valence-electron chi connectivity index (χ1n) is 5.95. The van der Waals surface area contributed by atoms with Gasteiger partial charge in [-0.2, -0.15) is 5.26 Å². The van der Waals surface area contributed by atoms with Gasteiger partial charge < -0.3 is 10.6 Å². The van der Waals surface area contributed by atoms with E-state index in [-0.39, 0.29) is 16.5 Å². The summed E-state index contributed by atoms with van der Waals surface area (Å²) in [5, 5.41) is 14.8. The minimum atomic E-state index is -3.48. The molecule has 0 aliphatic carbocycles. The molecule has 0 atom stereocenters. The summed E-state index contributed by atoms with van der Waals surface area (Å²) in [6.07, 6.45) is 4.16. The highest BCUT2D eigenvalue weighted by molar-refractivity contribution is 7.90. The predicted octanol–water partition coefficient (Wildman–Crippen LogP) is 1.54. The molecule has 0 saturated heterocycles. The normalized spacial score (nSPS) is 10.7. The van der Waals surface area contributed by atoms with Crippen molar-refractivity contribution in [3.8, 4) is 6.07 Å². The van der Waals surface area contributed by atoms with Crippen LogP contribution in [0.25, 0.3) is 0 Å². The van der Waals surface area contributed by atoms with Gasteiger partial charge in [0.1, 0.15) is 6.07 Å². The number of rotatable bonds is 4. The highest BCUT2D eigenvalue weighted by atomic mass is 32.2. The second kappa shape index (κ2) is 5.76. The highest BCUT2D eigenvalue weighted by Crippen LogP contribution is 2.30. The van der Waals surface area contributed by atoms with E-state index in [0.29, 0.717) is 11.3 Å². The Morgan fingerprint density at radius 3 is 2.38 bits per heavy atom. The zero-order chi connectivity index (χ0) is 15.5. The van der Waals surface area contributed by atoms with Gasteiger partial charge in [0.2, 0.25) is 5.95 Å². The maximum Gasteiger partial charge on any atom is 0.227 e. The number of nitriles is 1. The second-order valence-corrected chi connectivity index (χ2v) is 6.21. The van der Waals surface area contributed by atoms with E-state index >= 15 is 0 Å². The van der Waals surface area contributed by atoms with Gasteiger partial charge in [-0.25, -0.2) is 18.4 Å². The number of hydrogen-bond donors (Lipinski definition) is 2. The van der Waals surface area contributed by atoms with Gasteiger partial charge in [-0.15, -0.1) is 0 Å². The zero-order valence-corrected chi connectivity index (χ0v) is 12.3. The minimum Gasteiger partial charge on any atom is -0.387 e. The molecule has 2 N–H and O–H groups in total. The van der Waals surface area contributed by atoms with Crippen LogP contribution in [0.1, 0.15) is 5.56 Å². The van der Waals surface area contributed by atoms with Crippen LogP contribution in [0.3, 0.4) is 0 Å². The molecule has 1 aromatic carbocycles. The van der Waals surface area contributed by atoms with Gasteiger partial charge >= 0.3 is 0 Å². The van der Waals surface area contributed by atoms with Crippen molar-refractivity contribution in [2.45, 2.75) is 4.90 Å². The Kier molecular flexibility index (Phi) is 4.05. The van der Waals surface area contributed by atoms with E-state index in [1.807, 2.05) is 6.07 Å². The van der Waals surface area contributed by atoms with Gasteiger partial charge in [0.05, 0.1) is 21.8 Å². The van der Waals surface area contributed by atoms with Gasteiger partial charge in [0.25, 0.3) is 0 Å². The largest absolute Gasteiger partial charge is 0.387 e. The lowest BCUT2D eigenvalue weighted by molar-refractivity contribution is 0.602. The van der Waals surface area contributed by atoms with E-state index in [1.165, 1.54) is 24.5 Å². The number of aromatic nitrogens is 2. The van der Waals surface area contributed by atoms with E-state index < -0.39 is 9.84 Å². The Morgan fingerprint density at radius 1 is 1.19 bits per heavy atom. The lowest BCUT2D eigenvalue weighted by Crippen LogP contribution is -2.06. The topological polar surface area (TPSA) is 108 Å². The summed E-state index contributed by atoms with van der Waals surface area (Å²) in [5.74, 6) is 0.253. The Morgan fingerprint density at radius 2 is 1.86 bits per heavy atom. The number of sulfone groups is 1. The minimum absolute atomic E-state index is 0.0679. The first kappa shape index (κ1) is 14.7. The summed E-state index contributed by atoms with van der Waals surface area (Å²) in [6, 6.07) is 6.53. The Balaban J connectivity index is 2.60. The molecule has 2 rings (SSSR count). The smallest absolute Gasteiger partial charge is 0.227 e. The summed E-state index contributed by atoms with van der Waals surface area (Å²) in [7, 11) is -1.86. The summed E-state index contributed by atoms with van der Waals surface area (Å²) < 4.78 is 23.8. The van der Waals surface area contributed by atoms with E-state index in [9.17, 15) is 8.42 Å². The number of nitrogens with zero attached hydrogens (tertiary/aromatic N) is 3. The molecule has 108 valence electrons. The van der Waals surface area contributed by atoms with Crippen molar-refractivity contribution >= 4 is 27.2 Å². The molecular weight excluding hydrogens is 290 g/mol. The van der Waals surface area contributed by atoms with Gasteiger partial charge in [0.15, 0.2) is 9.84 Å². The summed E-state index contributed by atoms with van der Waals surface area (Å²) in [4.78, 5) is 8.03. The van der Waals surface area contributed by atoms with Crippen LogP contribution in [0.5, 0.6) is 0 Å². The van der Waals surface area contributed by atoms with E-state index in [2.05, 4.69) is 20.6 Å². The molecule has 7 nitrogen and oxygen atoms in total. The molecule has 0 radical (unpaired) electrons. The van der Waals surface area contributed by atoms with Crippen LogP contribution in [-0.4, -0.2) is 31.7 Å². The second-order valence-electron chi connectivity index (χ2n) is 4.23.